The van der Waals surface area contributed by atoms with E-state index in [2.05, 4.69) is 15.3 Å². The number of hydrogen-bond acceptors (Lipinski definition) is 9. The summed E-state index contributed by atoms with van der Waals surface area (Å²) in [6, 6.07) is 12.0. The van der Waals surface area contributed by atoms with E-state index in [9.17, 15) is 27.6 Å². The number of rotatable bonds is 7. The van der Waals surface area contributed by atoms with Crippen LogP contribution < -0.4 is 10.1 Å². The fourth-order valence-electron chi connectivity index (χ4n) is 5.33. The highest BCUT2D eigenvalue weighted by molar-refractivity contribution is 8.04. The number of nitrogens with zero attached hydrogens (tertiary/aromatic N) is 4. The Morgan fingerprint density at radius 3 is 2.56 bits per heavy atom. The van der Waals surface area contributed by atoms with Crippen LogP contribution in [0.4, 0.5) is 4.79 Å². The van der Waals surface area contributed by atoms with E-state index in [0.717, 1.165) is 9.69 Å². The third kappa shape index (κ3) is 5.68. The van der Waals surface area contributed by atoms with E-state index in [1.54, 1.807) is 24.3 Å². The Hall–Kier alpha value is -4.23. The molecule has 2 fully saturated rings. The highest BCUT2D eigenvalue weighted by Crippen LogP contribution is 2.33. The Bertz CT molecular complexity index is 1610. The third-order valence-corrected chi connectivity index (χ3v) is 8.84. The first-order valence-corrected chi connectivity index (χ1v) is 14.6. The molecule has 3 aromatic rings. The van der Waals surface area contributed by atoms with Crippen molar-refractivity contribution < 1.29 is 32.3 Å². The quantitative estimate of drug-likeness (QED) is 0.443. The summed E-state index contributed by atoms with van der Waals surface area (Å²) >= 11 is 0. The molecular formula is C28H29N5O7S. The highest BCUT2D eigenvalue weighted by atomic mass is 32.2. The Kier molecular flexibility index (Phi) is 7.82. The standard InChI is InChI=1S/C28H29N5O7S/c1-17(2)15-21(31-28(37)40-24-11-10-18-7-3-4-8-19(18)30-24)26(35)32-14-12-22-25(32)23(34)16-33(22)41(38,39)27(36)20-9-5-6-13-29-20/h3-11,13,17,21-22,25H,12,14-16H2,1-2H3,(H,31,37). The maximum Gasteiger partial charge on any atom is 0.414 e. The van der Waals surface area contributed by atoms with Gasteiger partial charge in [0.15, 0.2) is 5.78 Å². The molecule has 2 aliphatic rings. The van der Waals surface area contributed by atoms with E-state index in [0.29, 0.717) is 5.52 Å². The van der Waals surface area contributed by atoms with E-state index in [-0.39, 0.29) is 36.9 Å². The van der Waals surface area contributed by atoms with E-state index >= 15 is 0 Å². The summed E-state index contributed by atoms with van der Waals surface area (Å²) in [6.45, 7) is 3.31. The van der Waals surface area contributed by atoms with Gasteiger partial charge in [0.2, 0.25) is 11.8 Å². The number of carbonyl (C=O) groups excluding carboxylic acids is 4. The molecule has 2 amide bonds. The Morgan fingerprint density at radius 1 is 1.07 bits per heavy atom. The minimum Gasteiger partial charge on any atom is -0.391 e. The zero-order valence-electron chi connectivity index (χ0n) is 22.5. The summed E-state index contributed by atoms with van der Waals surface area (Å²) in [4.78, 5) is 61.8. The van der Waals surface area contributed by atoms with E-state index in [4.69, 9.17) is 4.74 Å². The van der Waals surface area contributed by atoms with Crippen molar-refractivity contribution in [2.24, 2.45) is 5.92 Å². The molecule has 2 aromatic heterocycles. The lowest BCUT2D eigenvalue weighted by Gasteiger charge is -2.28. The van der Waals surface area contributed by atoms with Crippen molar-refractivity contribution in [2.45, 2.75) is 44.8 Å². The van der Waals surface area contributed by atoms with Gasteiger partial charge in [0, 0.05) is 24.2 Å². The van der Waals surface area contributed by atoms with Gasteiger partial charge >= 0.3 is 11.2 Å². The van der Waals surface area contributed by atoms with E-state index in [1.807, 2.05) is 32.0 Å². The number of carbonyl (C=O) groups is 4. The van der Waals surface area contributed by atoms with Gasteiger partial charge < -0.3 is 15.0 Å². The number of benzene rings is 1. The van der Waals surface area contributed by atoms with E-state index in [1.165, 1.54) is 23.2 Å². The van der Waals surface area contributed by atoms with Gasteiger partial charge in [-0.3, -0.25) is 19.4 Å². The lowest BCUT2D eigenvalue weighted by Crippen LogP contribution is -2.53. The van der Waals surface area contributed by atoms with Gasteiger partial charge in [0.05, 0.1) is 18.1 Å². The molecule has 2 saturated heterocycles. The average Bonchev–Trinajstić information content (AvgIpc) is 3.53. The summed E-state index contributed by atoms with van der Waals surface area (Å²) < 4.78 is 32.6. The molecule has 4 heterocycles. The number of nitrogens with one attached hydrogen (secondary N) is 1. The molecule has 1 N–H and O–H groups in total. The van der Waals surface area contributed by atoms with Crippen molar-refractivity contribution in [3.8, 4) is 5.88 Å². The van der Waals surface area contributed by atoms with Crippen molar-refractivity contribution in [3.05, 3.63) is 66.5 Å². The number of fused-ring (bicyclic) bond motifs is 2. The molecule has 41 heavy (non-hydrogen) atoms. The largest absolute Gasteiger partial charge is 0.414 e. The molecule has 0 spiro atoms. The second-order valence-corrected chi connectivity index (χ2v) is 12.2. The molecule has 13 heteroatoms. The van der Waals surface area contributed by atoms with Crippen molar-refractivity contribution >= 4 is 43.8 Å². The summed E-state index contributed by atoms with van der Waals surface area (Å²) in [5.74, 6) is -0.973. The van der Waals surface area contributed by atoms with Crippen molar-refractivity contribution in [2.75, 3.05) is 13.1 Å². The lowest BCUT2D eigenvalue weighted by molar-refractivity contribution is -0.138. The van der Waals surface area contributed by atoms with Gasteiger partial charge in [-0.2, -0.15) is 4.31 Å². The molecule has 12 nitrogen and oxygen atoms in total. The van der Waals surface area contributed by atoms with Gasteiger partial charge in [-0.1, -0.05) is 38.1 Å². The van der Waals surface area contributed by atoms with Crippen molar-refractivity contribution in [1.82, 2.24) is 24.5 Å². The van der Waals surface area contributed by atoms with Crippen LogP contribution in [-0.2, 0) is 19.6 Å². The maximum atomic E-state index is 13.7. The predicted octanol–water partition coefficient (Wildman–Crippen LogP) is 2.16. The Morgan fingerprint density at radius 2 is 1.83 bits per heavy atom. The topological polar surface area (TPSA) is 156 Å². The molecule has 0 radical (unpaired) electrons. The number of sulfonamides is 1. The molecule has 3 unspecified atom stereocenters. The summed E-state index contributed by atoms with van der Waals surface area (Å²) in [5.41, 5.74) is 0.381. The second kappa shape index (κ2) is 11.3. The van der Waals surface area contributed by atoms with Crippen LogP contribution >= 0.6 is 0 Å². The monoisotopic (exact) mass is 579 g/mol. The Labute approximate surface area is 236 Å². The second-order valence-electron chi connectivity index (χ2n) is 10.4. The SMILES string of the molecule is CC(C)CC(NC(=O)Oc1ccc2ccccc2n1)C(=O)N1CCC2C1C(=O)CN2S(=O)(=O)C(=O)c1ccccn1. The average molecular weight is 580 g/mol. The molecule has 5 rings (SSSR count). The van der Waals surface area contributed by atoms with Gasteiger partial charge in [-0.15, -0.1) is 0 Å². The Balaban J connectivity index is 1.31. The number of hydrogen-bond donors (Lipinski definition) is 1. The lowest BCUT2D eigenvalue weighted by atomic mass is 10.0. The maximum absolute atomic E-state index is 13.7. The highest BCUT2D eigenvalue weighted by Gasteiger charge is 2.55. The summed E-state index contributed by atoms with van der Waals surface area (Å²) in [5, 5.41) is 2.26. The van der Waals surface area contributed by atoms with Crippen LogP contribution in [0.2, 0.25) is 0 Å². The molecule has 0 aliphatic carbocycles. The first-order chi connectivity index (χ1) is 19.6. The zero-order chi connectivity index (χ0) is 29.3. The molecule has 0 saturated carbocycles. The molecular weight excluding hydrogens is 550 g/mol. The third-order valence-electron chi connectivity index (χ3n) is 7.15. The van der Waals surface area contributed by atoms with Crippen LogP contribution in [0.15, 0.2) is 60.8 Å². The number of ketones is 1. The number of Topliss-reactive ketones (excluding diaryl/α,β-unsaturated/α-hetero) is 1. The molecule has 214 valence electrons. The van der Waals surface area contributed by atoms with Crippen LogP contribution in [0, 0.1) is 5.92 Å². The van der Waals surface area contributed by atoms with Gasteiger partial charge in [-0.25, -0.2) is 18.2 Å². The molecule has 0 bridgehead atoms. The summed E-state index contributed by atoms with van der Waals surface area (Å²) in [6.07, 6.45) is 0.836. The minimum absolute atomic E-state index is 0.00593. The normalized spacial score (nSPS) is 19.8. The minimum atomic E-state index is -4.56. The number of amides is 2. The first-order valence-electron chi connectivity index (χ1n) is 13.2. The van der Waals surface area contributed by atoms with Gasteiger partial charge in [0.25, 0.3) is 10.0 Å². The summed E-state index contributed by atoms with van der Waals surface area (Å²) in [7, 11) is -4.56. The van der Waals surface area contributed by atoms with Crippen LogP contribution in [-0.4, -0.2) is 81.7 Å². The van der Waals surface area contributed by atoms with Crippen LogP contribution in [0.5, 0.6) is 5.88 Å². The van der Waals surface area contributed by atoms with Crippen LogP contribution in [0.25, 0.3) is 10.9 Å². The first kappa shape index (κ1) is 28.3. The van der Waals surface area contributed by atoms with Crippen molar-refractivity contribution in [3.63, 3.8) is 0 Å². The van der Waals surface area contributed by atoms with Crippen LogP contribution in [0.3, 0.4) is 0 Å². The smallest absolute Gasteiger partial charge is 0.391 e. The molecule has 2 aliphatic heterocycles. The predicted molar refractivity (Wildman–Crippen MR) is 147 cm³/mol. The number of pyridine rings is 2. The van der Waals surface area contributed by atoms with Gasteiger partial charge in [-0.05, 0) is 43.0 Å². The number of likely N-dealkylation sites (tertiary alicyclic amines) is 1. The number of ether oxygens (including phenoxy) is 1. The van der Waals surface area contributed by atoms with Crippen molar-refractivity contribution in [1.29, 1.82) is 0 Å². The fraction of sp³-hybridized carbons (Fsp3) is 0.357. The van der Waals surface area contributed by atoms with Gasteiger partial charge in [0.1, 0.15) is 17.8 Å². The zero-order valence-corrected chi connectivity index (χ0v) is 23.3. The van der Waals surface area contributed by atoms with Crippen LogP contribution in [0.1, 0.15) is 37.2 Å². The molecule has 3 atom stereocenters. The fourth-order valence-corrected chi connectivity index (χ4v) is 6.80. The number of para-hydroxylation sites is 1. The molecule has 1 aromatic carbocycles. The van der Waals surface area contributed by atoms with E-state index < -0.39 is 57.6 Å². The number of aromatic nitrogens is 2.